The summed E-state index contributed by atoms with van der Waals surface area (Å²) in [5.41, 5.74) is 0. The van der Waals surface area contributed by atoms with Gasteiger partial charge in [-0.1, -0.05) is 19.8 Å². The second-order valence-electron chi connectivity index (χ2n) is 2.95. The van der Waals surface area contributed by atoms with Gasteiger partial charge in [-0.2, -0.15) is 0 Å². The van der Waals surface area contributed by atoms with Gasteiger partial charge in [0.2, 0.25) is 0 Å². The van der Waals surface area contributed by atoms with E-state index < -0.39 is 0 Å². The number of hydrogen-bond donors (Lipinski definition) is 0. The minimum Gasteiger partial charge on any atom is -0.376 e. The van der Waals surface area contributed by atoms with Gasteiger partial charge in [0, 0.05) is 0 Å². The van der Waals surface area contributed by atoms with E-state index in [-0.39, 0.29) is 6.10 Å². The van der Waals surface area contributed by atoms with Crippen molar-refractivity contribution in [1.82, 2.24) is 0 Å². The average molecular weight is 143 g/mol. The van der Waals surface area contributed by atoms with Crippen molar-refractivity contribution in [3.63, 3.8) is 0 Å². The van der Waals surface area contributed by atoms with Crippen molar-refractivity contribution in [2.24, 2.45) is 0 Å². The fourth-order valence-electron chi connectivity index (χ4n) is 0.885. The molecular formula is C9H19O. The van der Waals surface area contributed by atoms with E-state index in [2.05, 4.69) is 13.8 Å². The molecule has 0 fully saturated rings. The Kier molecular flexibility index (Phi) is 5.70. The predicted molar refractivity (Wildman–Crippen MR) is 44.9 cm³/mol. The van der Waals surface area contributed by atoms with Gasteiger partial charge >= 0.3 is 0 Å². The summed E-state index contributed by atoms with van der Waals surface area (Å²) < 4.78 is 5.44. The second-order valence-corrected chi connectivity index (χ2v) is 2.95. The average Bonchev–Trinajstić information content (AvgIpc) is 1.82. The third kappa shape index (κ3) is 6.09. The van der Waals surface area contributed by atoms with Crippen molar-refractivity contribution in [1.29, 1.82) is 0 Å². The summed E-state index contributed by atoms with van der Waals surface area (Å²) in [4.78, 5) is 0. The lowest BCUT2D eigenvalue weighted by Gasteiger charge is -2.14. The zero-order valence-corrected chi connectivity index (χ0v) is 7.39. The molecule has 0 aromatic heterocycles. The van der Waals surface area contributed by atoms with Crippen LogP contribution in [0.3, 0.4) is 0 Å². The normalized spacial score (nSPS) is 14.1. The summed E-state index contributed by atoms with van der Waals surface area (Å²) in [5.74, 6) is 0. The van der Waals surface area contributed by atoms with Crippen molar-refractivity contribution in [2.45, 2.75) is 52.2 Å². The molecule has 61 valence electrons. The highest BCUT2D eigenvalue weighted by molar-refractivity contribution is 4.60. The molecule has 0 aromatic rings. The molecule has 0 aliphatic heterocycles. The van der Waals surface area contributed by atoms with E-state index in [0.717, 1.165) is 6.42 Å². The van der Waals surface area contributed by atoms with Crippen LogP contribution in [0, 0.1) is 6.92 Å². The van der Waals surface area contributed by atoms with Crippen molar-refractivity contribution in [3.05, 3.63) is 6.92 Å². The van der Waals surface area contributed by atoms with Crippen LogP contribution >= 0.6 is 0 Å². The maximum absolute atomic E-state index is 5.44. The highest BCUT2D eigenvalue weighted by Gasteiger charge is 2.02. The number of ether oxygens (including phenoxy) is 1. The van der Waals surface area contributed by atoms with Crippen molar-refractivity contribution in [3.8, 4) is 0 Å². The SMILES string of the molecule is [CH2]C(CCCC)OC(C)C. The van der Waals surface area contributed by atoms with Crippen LogP contribution in [0.5, 0.6) is 0 Å². The van der Waals surface area contributed by atoms with Crippen molar-refractivity contribution in [2.75, 3.05) is 0 Å². The van der Waals surface area contributed by atoms with Gasteiger partial charge in [-0.05, 0) is 27.2 Å². The first-order chi connectivity index (χ1) is 4.66. The molecule has 0 heterocycles. The van der Waals surface area contributed by atoms with E-state index in [9.17, 15) is 0 Å². The molecule has 0 aliphatic rings. The van der Waals surface area contributed by atoms with Gasteiger partial charge in [0.1, 0.15) is 0 Å². The van der Waals surface area contributed by atoms with Crippen LogP contribution in [0.25, 0.3) is 0 Å². The largest absolute Gasteiger partial charge is 0.376 e. The summed E-state index contributed by atoms with van der Waals surface area (Å²) in [5, 5.41) is 0. The quantitative estimate of drug-likeness (QED) is 0.575. The molecule has 0 amide bonds. The maximum atomic E-state index is 5.44. The summed E-state index contributed by atoms with van der Waals surface area (Å²) >= 11 is 0. The van der Waals surface area contributed by atoms with Gasteiger partial charge in [-0.15, -0.1) is 0 Å². The van der Waals surface area contributed by atoms with Crippen LogP contribution in [0.15, 0.2) is 0 Å². The minimum absolute atomic E-state index is 0.194. The smallest absolute Gasteiger partial charge is 0.0579 e. The van der Waals surface area contributed by atoms with E-state index in [1.807, 2.05) is 13.8 Å². The summed E-state index contributed by atoms with van der Waals surface area (Å²) in [6, 6.07) is 0. The van der Waals surface area contributed by atoms with Crippen molar-refractivity contribution < 1.29 is 4.74 Å². The van der Waals surface area contributed by atoms with Gasteiger partial charge < -0.3 is 4.74 Å². The van der Waals surface area contributed by atoms with E-state index in [1.165, 1.54) is 12.8 Å². The Morgan fingerprint density at radius 3 is 2.40 bits per heavy atom. The Balaban J connectivity index is 3.16. The molecule has 0 aromatic carbocycles. The number of unbranched alkanes of at least 4 members (excludes halogenated alkanes) is 1. The number of hydrogen-bond acceptors (Lipinski definition) is 1. The van der Waals surface area contributed by atoms with Crippen LogP contribution < -0.4 is 0 Å². The lowest BCUT2D eigenvalue weighted by molar-refractivity contribution is 0.0284. The Hall–Kier alpha value is -0.0400. The molecule has 0 rings (SSSR count). The molecule has 0 saturated heterocycles. The van der Waals surface area contributed by atoms with Crippen LogP contribution in [0.1, 0.15) is 40.0 Å². The Bertz CT molecular complexity index is 69.1. The van der Waals surface area contributed by atoms with Crippen LogP contribution in [0.2, 0.25) is 0 Å². The fraction of sp³-hybridized carbons (Fsp3) is 0.889. The molecule has 1 nitrogen and oxygen atoms in total. The molecular weight excluding hydrogens is 124 g/mol. The first kappa shape index (κ1) is 9.96. The molecule has 1 radical (unpaired) electrons. The molecule has 1 atom stereocenters. The second kappa shape index (κ2) is 5.72. The standard InChI is InChI=1S/C9H19O/c1-5-6-7-9(4)10-8(2)3/h8-9H,4-7H2,1-3H3. The topological polar surface area (TPSA) is 9.23 Å². The van der Waals surface area contributed by atoms with Gasteiger partial charge in [-0.25, -0.2) is 0 Å². The summed E-state index contributed by atoms with van der Waals surface area (Å²) in [7, 11) is 0. The number of rotatable bonds is 5. The van der Waals surface area contributed by atoms with E-state index in [4.69, 9.17) is 4.74 Å². The van der Waals surface area contributed by atoms with Gasteiger partial charge in [-0.3, -0.25) is 0 Å². The first-order valence-corrected chi connectivity index (χ1v) is 4.15. The molecule has 0 saturated carbocycles. The molecule has 0 aliphatic carbocycles. The Morgan fingerprint density at radius 1 is 1.40 bits per heavy atom. The van der Waals surface area contributed by atoms with Crippen molar-refractivity contribution >= 4 is 0 Å². The lowest BCUT2D eigenvalue weighted by Crippen LogP contribution is -2.14. The van der Waals surface area contributed by atoms with Gasteiger partial charge in [0.15, 0.2) is 0 Å². The van der Waals surface area contributed by atoms with Gasteiger partial charge in [0.05, 0.1) is 12.2 Å². The van der Waals surface area contributed by atoms with Gasteiger partial charge in [0.25, 0.3) is 0 Å². The predicted octanol–water partition coefficient (Wildman–Crippen LogP) is 2.80. The highest BCUT2D eigenvalue weighted by Crippen LogP contribution is 2.05. The third-order valence-corrected chi connectivity index (χ3v) is 1.34. The molecule has 10 heavy (non-hydrogen) atoms. The monoisotopic (exact) mass is 143 g/mol. The zero-order chi connectivity index (χ0) is 7.98. The highest BCUT2D eigenvalue weighted by atomic mass is 16.5. The molecule has 0 spiro atoms. The van der Waals surface area contributed by atoms with E-state index in [0.29, 0.717) is 6.10 Å². The molecule has 1 unspecified atom stereocenters. The molecule has 0 bridgehead atoms. The minimum atomic E-state index is 0.194. The van der Waals surface area contributed by atoms with E-state index in [1.54, 1.807) is 0 Å². The summed E-state index contributed by atoms with van der Waals surface area (Å²) in [6.07, 6.45) is 4.06. The Morgan fingerprint density at radius 2 is 2.00 bits per heavy atom. The lowest BCUT2D eigenvalue weighted by atomic mass is 10.2. The third-order valence-electron chi connectivity index (χ3n) is 1.34. The zero-order valence-electron chi connectivity index (χ0n) is 7.39. The fourth-order valence-corrected chi connectivity index (χ4v) is 0.885. The van der Waals surface area contributed by atoms with E-state index >= 15 is 0 Å². The van der Waals surface area contributed by atoms with Crippen LogP contribution in [0.4, 0.5) is 0 Å². The maximum Gasteiger partial charge on any atom is 0.0579 e. The van der Waals surface area contributed by atoms with Crippen LogP contribution in [-0.4, -0.2) is 12.2 Å². The molecule has 0 N–H and O–H groups in total. The molecule has 1 heteroatoms. The Labute approximate surface area is 64.8 Å². The summed E-state index contributed by atoms with van der Waals surface area (Å²) in [6.45, 7) is 10.2. The first-order valence-electron chi connectivity index (χ1n) is 4.15. The van der Waals surface area contributed by atoms with Crippen LogP contribution in [-0.2, 0) is 4.74 Å².